The van der Waals surface area contributed by atoms with E-state index in [1.54, 1.807) is 13.8 Å². The highest BCUT2D eigenvalue weighted by atomic mass is 35.5. The highest BCUT2D eigenvalue weighted by Crippen LogP contribution is 2.25. The van der Waals surface area contributed by atoms with Gasteiger partial charge >= 0.3 is 0 Å². The minimum atomic E-state index is -0.747. The van der Waals surface area contributed by atoms with Crippen molar-refractivity contribution in [2.24, 2.45) is 11.1 Å². The van der Waals surface area contributed by atoms with Gasteiger partial charge in [0.05, 0.1) is 5.41 Å². The van der Waals surface area contributed by atoms with Crippen LogP contribution in [0.15, 0.2) is 18.2 Å². The first-order valence-corrected chi connectivity index (χ1v) is 6.86. The van der Waals surface area contributed by atoms with E-state index in [1.807, 2.05) is 18.2 Å². The zero-order valence-corrected chi connectivity index (χ0v) is 13.2. The normalized spacial score (nSPS) is 13.4. The molecule has 0 aromatic heterocycles. The number of carbonyl (C=O) groups is 2. The summed E-state index contributed by atoms with van der Waals surface area (Å²) in [5.41, 5.74) is 7.31. The molecule has 0 saturated heterocycles. The lowest BCUT2D eigenvalue weighted by Gasteiger charge is -2.23. The summed E-state index contributed by atoms with van der Waals surface area (Å²) in [6, 6.07) is 5.67. The molecule has 1 aromatic rings. The summed E-state index contributed by atoms with van der Waals surface area (Å²) in [6.45, 7) is 4.61. The van der Waals surface area contributed by atoms with Gasteiger partial charge in [-0.25, -0.2) is 0 Å². The van der Waals surface area contributed by atoms with E-state index >= 15 is 0 Å². The zero-order valence-electron chi connectivity index (χ0n) is 12.4. The summed E-state index contributed by atoms with van der Waals surface area (Å²) in [7, 11) is 0. The van der Waals surface area contributed by atoms with E-state index in [-0.39, 0.29) is 24.9 Å². The SMILES string of the molecule is CC(C)(CNC(=O)c1cccc2c1CCCN2)C(N)=O.Cl. The number of hydrogen-bond acceptors (Lipinski definition) is 3. The van der Waals surface area contributed by atoms with Crippen molar-refractivity contribution in [3.8, 4) is 0 Å². The number of benzene rings is 1. The van der Waals surface area contributed by atoms with Gasteiger partial charge in [-0.05, 0) is 44.4 Å². The number of nitrogens with one attached hydrogen (secondary N) is 2. The smallest absolute Gasteiger partial charge is 0.251 e. The first kappa shape index (κ1) is 17.3. The number of amides is 2. The predicted octanol–water partition coefficient (Wildman–Crippen LogP) is 1.71. The van der Waals surface area contributed by atoms with Crippen LogP contribution in [0.2, 0.25) is 0 Å². The van der Waals surface area contributed by atoms with Crippen molar-refractivity contribution in [3.63, 3.8) is 0 Å². The summed E-state index contributed by atoms with van der Waals surface area (Å²) >= 11 is 0. The molecule has 0 unspecified atom stereocenters. The molecule has 4 N–H and O–H groups in total. The third-order valence-electron chi connectivity index (χ3n) is 3.70. The van der Waals surface area contributed by atoms with Gasteiger partial charge in [0.25, 0.3) is 5.91 Å². The van der Waals surface area contributed by atoms with Gasteiger partial charge in [0, 0.05) is 24.3 Å². The standard InChI is InChI=1S/C15H21N3O2.ClH/c1-15(2,14(16)20)9-18-13(19)11-5-3-7-12-10(11)6-4-8-17-12;/h3,5,7,17H,4,6,8-9H2,1-2H3,(H2,16,20)(H,18,19);1H. The molecule has 0 fully saturated rings. The van der Waals surface area contributed by atoms with Crippen LogP contribution < -0.4 is 16.4 Å². The van der Waals surface area contributed by atoms with Gasteiger partial charge in [-0.1, -0.05) is 6.07 Å². The van der Waals surface area contributed by atoms with Crippen molar-refractivity contribution in [3.05, 3.63) is 29.3 Å². The fourth-order valence-electron chi connectivity index (χ4n) is 2.21. The molecule has 116 valence electrons. The predicted molar refractivity (Wildman–Crippen MR) is 85.8 cm³/mol. The lowest BCUT2D eigenvalue weighted by atomic mass is 9.92. The average Bonchev–Trinajstić information content (AvgIpc) is 2.44. The van der Waals surface area contributed by atoms with Gasteiger partial charge in [-0.15, -0.1) is 12.4 Å². The second-order valence-corrected chi connectivity index (χ2v) is 5.79. The van der Waals surface area contributed by atoms with Crippen molar-refractivity contribution < 1.29 is 9.59 Å². The Morgan fingerprint density at radius 3 is 2.76 bits per heavy atom. The lowest BCUT2D eigenvalue weighted by molar-refractivity contribution is -0.125. The molecule has 1 heterocycles. The molecule has 0 spiro atoms. The van der Waals surface area contributed by atoms with Crippen LogP contribution in [0.1, 0.15) is 36.2 Å². The zero-order chi connectivity index (χ0) is 14.8. The lowest BCUT2D eigenvalue weighted by Crippen LogP contribution is -2.42. The Hall–Kier alpha value is -1.75. The number of nitrogens with two attached hydrogens (primary N) is 1. The molecule has 5 nitrogen and oxygen atoms in total. The van der Waals surface area contributed by atoms with Crippen LogP contribution in [0.3, 0.4) is 0 Å². The van der Waals surface area contributed by atoms with E-state index in [1.165, 1.54) is 0 Å². The third-order valence-corrected chi connectivity index (χ3v) is 3.70. The second kappa shape index (κ2) is 6.80. The average molecular weight is 312 g/mol. The summed E-state index contributed by atoms with van der Waals surface area (Å²) in [4.78, 5) is 23.6. The maximum absolute atomic E-state index is 12.3. The Bertz CT molecular complexity index is 544. The molecular formula is C15H22ClN3O2. The molecule has 0 atom stereocenters. The van der Waals surface area contributed by atoms with Gasteiger partial charge in [0.1, 0.15) is 0 Å². The van der Waals surface area contributed by atoms with Gasteiger partial charge in [0.2, 0.25) is 5.91 Å². The van der Waals surface area contributed by atoms with Crippen molar-refractivity contribution >= 4 is 29.9 Å². The first-order valence-electron chi connectivity index (χ1n) is 6.86. The fraction of sp³-hybridized carbons (Fsp3) is 0.467. The molecule has 0 radical (unpaired) electrons. The maximum Gasteiger partial charge on any atom is 0.251 e. The Morgan fingerprint density at radius 1 is 1.38 bits per heavy atom. The minimum absolute atomic E-state index is 0. The van der Waals surface area contributed by atoms with Crippen molar-refractivity contribution in [1.29, 1.82) is 0 Å². The van der Waals surface area contributed by atoms with Gasteiger partial charge in [0.15, 0.2) is 0 Å². The molecule has 2 rings (SSSR count). The Morgan fingerprint density at radius 2 is 2.10 bits per heavy atom. The first-order chi connectivity index (χ1) is 9.42. The van der Waals surface area contributed by atoms with Crippen LogP contribution in [0.25, 0.3) is 0 Å². The maximum atomic E-state index is 12.3. The molecule has 21 heavy (non-hydrogen) atoms. The van der Waals surface area contributed by atoms with Crippen molar-refractivity contribution in [1.82, 2.24) is 5.32 Å². The Labute approximate surface area is 131 Å². The van der Waals surface area contributed by atoms with Crippen LogP contribution in [0.5, 0.6) is 0 Å². The van der Waals surface area contributed by atoms with E-state index < -0.39 is 11.3 Å². The fourth-order valence-corrected chi connectivity index (χ4v) is 2.21. The van der Waals surface area contributed by atoms with Gasteiger partial charge in [-0.2, -0.15) is 0 Å². The topological polar surface area (TPSA) is 84.2 Å². The summed E-state index contributed by atoms with van der Waals surface area (Å²) in [6.07, 6.45) is 1.91. The number of hydrogen-bond donors (Lipinski definition) is 3. The van der Waals surface area contributed by atoms with E-state index in [9.17, 15) is 9.59 Å². The van der Waals surface area contributed by atoms with Crippen LogP contribution in [0, 0.1) is 5.41 Å². The molecular weight excluding hydrogens is 290 g/mol. The molecule has 1 aliphatic rings. The van der Waals surface area contributed by atoms with Crippen LogP contribution in [-0.2, 0) is 11.2 Å². The quantitative estimate of drug-likeness (QED) is 0.791. The molecule has 2 amide bonds. The van der Waals surface area contributed by atoms with E-state index in [2.05, 4.69) is 10.6 Å². The van der Waals surface area contributed by atoms with Gasteiger partial charge < -0.3 is 16.4 Å². The van der Waals surface area contributed by atoms with Crippen LogP contribution in [-0.4, -0.2) is 24.9 Å². The largest absolute Gasteiger partial charge is 0.385 e. The number of carbonyl (C=O) groups excluding carboxylic acids is 2. The second-order valence-electron chi connectivity index (χ2n) is 5.79. The molecule has 0 aliphatic carbocycles. The van der Waals surface area contributed by atoms with Crippen LogP contribution in [0.4, 0.5) is 5.69 Å². The molecule has 0 bridgehead atoms. The van der Waals surface area contributed by atoms with E-state index in [0.29, 0.717) is 5.56 Å². The van der Waals surface area contributed by atoms with Crippen molar-refractivity contribution in [2.75, 3.05) is 18.4 Å². The Kier molecular flexibility index (Phi) is 5.61. The highest BCUT2D eigenvalue weighted by Gasteiger charge is 2.26. The monoisotopic (exact) mass is 311 g/mol. The van der Waals surface area contributed by atoms with Gasteiger partial charge in [-0.3, -0.25) is 9.59 Å². The molecule has 6 heteroatoms. The van der Waals surface area contributed by atoms with E-state index in [0.717, 1.165) is 30.6 Å². The Balaban J connectivity index is 0.00000220. The van der Waals surface area contributed by atoms with Crippen LogP contribution >= 0.6 is 12.4 Å². The number of anilines is 1. The molecule has 0 saturated carbocycles. The highest BCUT2D eigenvalue weighted by molar-refractivity contribution is 5.97. The third kappa shape index (κ3) is 3.88. The summed E-state index contributed by atoms with van der Waals surface area (Å²) < 4.78 is 0. The number of primary amides is 1. The summed E-state index contributed by atoms with van der Waals surface area (Å²) in [5, 5.41) is 6.10. The van der Waals surface area contributed by atoms with E-state index in [4.69, 9.17) is 5.73 Å². The molecule has 1 aromatic carbocycles. The van der Waals surface area contributed by atoms with Crippen molar-refractivity contribution in [2.45, 2.75) is 26.7 Å². The number of fused-ring (bicyclic) bond motifs is 1. The number of halogens is 1. The number of rotatable bonds is 4. The minimum Gasteiger partial charge on any atom is -0.385 e. The summed E-state index contributed by atoms with van der Waals surface area (Å²) in [5.74, 6) is -0.575. The molecule has 1 aliphatic heterocycles.